The molecule has 1 amide bonds. The molecule has 0 bridgehead atoms. The molecule has 1 aromatic carbocycles. The molecule has 2 heteroatoms. The molecule has 1 aliphatic rings. The van der Waals surface area contributed by atoms with Gasteiger partial charge in [0.1, 0.15) is 0 Å². The molecule has 1 heterocycles. The predicted octanol–water partition coefficient (Wildman–Crippen LogP) is 2.77. The summed E-state index contributed by atoms with van der Waals surface area (Å²) >= 11 is 0. The molecule has 0 radical (unpaired) electrons. The third-order valence-corrected chi connectivity index (χ3v) is 2.99. The number of aryl methyl sites for hydroxylation is 1. The zero-order chi connectivity index (χ0) is 10.7. The number of carbonyl (C=O) groups is 1. The fourth-order valence-electron chi connectivity index (χ4n) is 2.13. The molecule has 1 aromatic rings. The largest absolute Gasteiger partial charge is 0.312 e. The molecule has 0 aromatic heterocycles. The van der Waals surface area contributed by atoms with Gasteiger partial charge in [-0.2, -0.15) is 0 Å². The Morgan fingerprint density at radius 1 is 1.27 bits per heavy atom. The minimum absolute atomic E-state index is 0.280. The highest BCUT2D eigenvalue weighted by molar-refractivity contribution is 5.94. The van der Waals surface area contributed by atoms with E-state index in [1.807, 2.05) is 17.0 Å². The smallest absolute Gasteiger partial charge is 0.226 e. The summed E-state index contributed by atoms with van der Waals surface area (Å²) < 4.78 is 0. The summed E-state index contributed by atoms with van der Waals surface area (Å²) in [7, 11) is 0. The third kappa shape index (κ3) is 2.04. The van der Waals surface area contributed by atoms with Crippen molar-refractivity contribution >= 4 is 11.6 Å². The lowest BCUT2D eigenvalue weighted by Crippen LogP contribution is -2.35. The molecule has 1 aliphatic heterocycles. The molecule has 0 atom stereocenters. The number of nitrogens with zero attached hydrogens (tertiary/aromatic N) is 1. The van der Waals surface area contributed by atoms with Crippen LogP contribution in [0.5, 0.6) is 0 Å². The highest BCUT2D eigenvalue weighted by Gasteiger charge is 2.20. The summed E-state index contributed by atoms with van der Waals surface area (Å²) in [6.45, 7) is 3.02. The molecular formula is C13H17NO. The Kier molecular flexibility index (Phi) is 3.05. The van der Waals surface area contributed by atoms with Crippen molar-refractivity contribution in [2.45, 2.75) is 32.6 Å². The van der Waals surface area contributed by atoms with Crippen molar-refractivity contribution in [1.29, 1.82) is 0 Å². The molecule has 2 nitrogen and oxygen atoms in total. The van der Waals surface area contributed by atoms with Crippen LogP contribution >= 0.6 is 0 Å². The molecule has 0 N–H and O–H groups in total. The fraction of sp³-hybridized carbons (Fsp3) is 0.462. The summed E-state index contributed by atoms with van der Waals surface area (Å²) in [6, 6.07) is 8.21. The van der Waals surface area contributed by atoms with Crippen molar-refractivity contribution in [3.8, 4) is 0 Å². The zero-order valence-electron chi connectivity index (χ0n) is 9.20. The monoisotopic (exact) mass is 203 g/mol. The minimum Gasteiger partial charge on any atom is -0.312 e. The number of piperidine rings is 1. The number of hydrogen-bond acceptors (Lipinski definition) is 1. The Morgan fingerprint density at radius 3 is 2.80 bits per heavy atom. The predicted molar refractivity (Wildman–Crippen MR) is 62.0 cm³/mol. The maximum absolute atomic E-state index is 11.8. The average Bonchev–Trinajstić information content (AvgIpc) is 2.30. The van der Waals surface area contributed by atoms with Crippen LogP contribution in [-0.4, -0.2) is 12.5 Å². The van der Waals surface area contributed by atoms with Crippen LogP contribution in [-0.2, 0) is 11.2 Å². The van der Waals surface area contributed by atoms with Crippen molar-refractivity contribution in [3.63, 3.8) is 0 Å². The molecule has 0 saturated carbocycles. The Hall–Kier alpha value is -1.31. The lowest BCUT2D eigenvalue weighted by Gasteiger charge is -2.28. The Morgan fingerprint density at radius 2 is 2.07 bits per heavy atom. The van der Waals surface area contributed by atoms with E-state index in [9.17, 15) is 4.79 Å². The molecule has 0 aliphatic carbocycles. The van der Waals surface area contributed by atoms with Crippen LogP contribution < -0.4 is 4.90 Å². The van der Waals surface area contributed by atoms with Crippen LogP contribution in [0.4, 0.5) is 5.69 Å². The first-order valence-electron chi connectivity index (χ1n) is 5.71. The number of hydrogen-bond donors (Lipinski definition) is 0. The zero-order valence-corrected chi connectivity index (χ0v) is 9.20. The minimum atomic E-state index is 0.280. The summed E-state index contributed by atoms with van der Waals surface area (Å²) in [5.74, 6) is 0.280. The first kappa shape index (κ1) is 10.2. The second kappa shape index (κ2) is 4.47. The van der Waals surface area contributed by atoms with Gasteiger partial charge in [0, 0.05) is 18.7 Å². The first-order valence-corrected chi connectivity index (χ1v) is 5.71. The Bertz CT molecular complexity index is 359. The molecule has 0 spiro atoms. The number of amides is 1. The van der Waals surface area contributed by atoms with Crippen molar-refractivity contribution in [2.75, 3.05) is 11.4 Å². The lowest BCUT2D eigenvalue weighted by molar-refractivity contribution is -0.119. The van der Waals surface area contributed by atoms with Gasteiger partial charge >= 0.3 is 0 Å². The molecule has 1 saturated heterocycles. The van der Waals surface area contributed by atoms with E-state index >= 15 is 0 Å². The second-order valence-corrected chi connectivity index (χ2v) is 3.98. The van der Waals surface area contributed by atoms with E-state index in [1.165, 1.54) is 5.56 Å². The van der Waals surface area contributed by atoms with Crippen molar-refractivity contribution < 1.29 is 4.79 Å². The fourth-order valence-corrected chi connectivity index (χ4v) is 2.13. The van der Waals surface area contributed by atoms with Crippen LogP contribution in [0, 0.1) is 0 Å². The van der Waals surface area contributed by atoms with Gasteiger partial charge in [-0.25, -0.2) is 0 Å². The first-order chi connectivity index (χ1) is 7.33. The van der Waals surface area contributed by atoms with Gasteiger partial charge in [-0.1, -0.05) is 25.1 Å². The van der Waals surface area contributed by atoms with Gasteiger partial charge in [0.05, 0.1) is 0 Å². The maximum atomic E-state index is 11.8. The summed E-state index contributed by atoms with van der Waals surface area (Å²) in [4.78, 5) is 13.7. The summed E-state index contributed by atoms with van der Waals surface area (Å²) in [5, 5.41) is 0. The number of carbonyl (C=O) groups excluding carboxylic acids is 1. The van der Waals surface area contributed by atoms with Gasteiger partial charge in [0.15, 0.2) is 0 Å². The topological polar surface area (TPSA) is 20.3 Å². The van der Waals surface area contributed by atoms with Crippen LogP contribution in [0.3, 0.4) is 0 Å². The second-order valence-electron chi connectivity index (χ2n) is 3.98. The van der Waals surface area contributed by atoms with E-state index in [-0.39, 0.29) is 5.91 Å². The molecule has 1 fully saturated rings. The highest BCUT2D eigenvalue weighted by atomic mass is 16.2. The van der Waals surface area contributed by atoms with E-state index < -0.39 is 0 Å². The van der Waals surface area contributed by atoms with Crippen LogP contribution in [0.15, 0.2) is 24.3 Å². The quantitative estimate of drug-likeness (QED) is 0.723. The number of para-hydroxylation sites is 1. The highest BCUT2D eigenvalue weighted by Crippen LogP contribution is 2.24. The molecule has 0 unspecified atom stereocenters. The van der Waals surface area contributed by atoms with Gasteiger partial charge < -0.3 is 4.90 Å². The van der Waals surface area contributed by atoms with E-state index in [0.29, 0.717) is 6.42 Å². The van der Waals surface area contributed by atoms with E-state index in [2.05, 4.69) is 19.1 Å². The molecule has 2 rings (SSSR count). The number of benzene rings is 1. The van der Waals surface area contributed by atoms with Gasteiger partial charge in [0.25, 0.3) is 0 Å². The van der Waals surface area contributed by atoms with E-state index in [1.54, 1.807) is 0 Å². The van der Waals surface area contributed by atoms with Crippen molar-refractivity contribution in [3.05, 3.63) is 29.8 Å². The van der Waals surface area contributed by atoms with Crippen LogP contribution in [0.2, 0.25) is 0 Å². The van der Waals surface area contributed by atoms with E-state index in [0.717, 1.165) is 31.5 Å². The standard InChI is InChI=1S/C13H17NO/c1-2-11-7-3-4-8-12(11)14-10-6-5-9-13(14)15/h3-4,7-8H,2,5-6,9-10H2,1H3. The Labute approximate surface area is 90.9 Å². The van der Waals surface area contributed by atoms with Gasteiger partial charge in [-0.05, 0) is 30.9 Å². The molecular weight excluding hydrogens is 186 g/mol. The normalized spacial score (nSPS) is 16.9. The van der Waals surface area contributed by atoms with E-state index in [4.69, 9.17) is 0 Å². The number of anilines is 1. The SMILES string of the molecule is CCc1ccccc1N1CCCCC1=O. The Balaban J connectivity index is 2.30. The van der Waals surface area contributed by atoms with Gasteiger partial charge in [0.2, 0.25) is 5.91 Å². The average molecular weight is 203 g/mol. The summed E-state index contributed by atoms with van der Waals surface area (Å²) in [6.07, 6.45) is 3.87. The van der Waals surface area contributed by atoms with Crippen molar-refractivity contribution in [2.24, 2.45) is 0 Å². The van der Waals surface area contributed by atoms with Gasteiger partial charge in [-0.15, -0.1) is 0 Å². The van der Waals surface area contributed by atoms with Crippen molar-refractivity contribution in [1.82, 2.24) is 0 Å². The lowest BCUT2D eigenvalue weighted by atomic mass is 10.1. The molecule has 80 valence electrons. The van der Waals surface area contributed by atoms with Gasteiger partial charge in [-0.3, -0.25) is 4.79 Å². The van der Waals surface area contributed by atoms with Crippen LogP contribution in [0.1, 0.15) is 31.7 Å². The summed E-state index contributed by atoms with van der Waals surface area (Å²) in [5.41, 5.74) is 2.39. The third-order valence-electron chi connectivity index (χ3n) is 2.99. The number of rotatable bonds is 2. The molecule has 15 heavy (non-hydrogen) atoms. The maximum Gasteiger partial charge on any atom is 0.226 e. The van der Waals surface area contributed by atoms with Crippen LogP contribution in [0.25, 0.3) is 0 Å².